The molecule has 67 heavy (non-hydrogen) atoms. The molecule has 0 aromatic rings. The van der Waals surface area contributed by atoms with Crippen molar-refractivity contribution in [2.75, 3.05) is 123 Å². The number of rotatable bonds is 18. The number of aliphatic hydroxyl groups excluding tert-OH is 1. The summed E-state index contributed by atoms with van der Waals surface area (Å²) in [5.41, 5.74) is 5.44. The van der Waals surface area contributed by atoms with Gasteiger partial charge in [-0.1, -0.05) is 69.2 Å². The number of esters is 1. The highest BCUT2D eigenvalue weighted by molar-refractivity contribution is 5.76. The van der Waals surface area contributed by atoms with Gasteiger partial charge in [0.15, 0.2) is 0 Å². The SMILES string of the molecule is CCC(C)C(=O)O.CCC(C)C(=O)O.CCC(C)C(=O)OCC[N+](C)(C)C.CCC(CC1C[N+](C)(C)CC1CC)C(N)=O.CCC1C[N+](C)(C)CC1CC.C[N+](C)(C)CCO.O.O.[Cl-].[Cl-].[Cl-].[Cl-]. The van der Waals surface area contributed by atoms with Gasteiger partial charge in [0, 0.05) is 29.6 Å². The summed E-state index contributed by atoms with van der Waals surface area (Å²) in [4.78, 5) is 42.4. The summed E-state index contributed by atoms with van der Waals surface area (Å²) in [6, 6.07) is 0. The number of aliphatic carboxylic acids is 2. The molecule has 19 heteroatoms. The number of quaternary nitrogens is 4. The van der Waals surface area contributed by atoms with E-state index in [1.807, 2.05) is 27.7 Å². The lowest BCUT2D eigenvalue weighted by Gasteiger charge is -2.24. The van der Waals surface area contributed by atoms with Gasteiger partial charge in [-0.2, -0.15) is 0 Å². The number of carboxylic acid groups (broad SMARTS) is 2. The third-order valence-corrected chi connectivity index (χ3v) is 12.2. The van der Waals surface area contributed by atoms with E-state index in [0.717, 1.165) is 76.4 Å². The lowest BCUT2D eigenvalue weighted by Crippen LogP contribution is -3.00. The first-order valence-corrected chi connectivity index (χ1v) is 23.5. The predicted octanol–water partition coefficient (Wildman–Crippen LogP) is -6.68. The molecule has 2 aliphatic heterocycles. The number of ether oxygens (including phenoxy) is 1. The molecule has 0 aliphatic carbocycles. The van der Waals surface area contributed by atoms with E-state index < -0.39 is 11.9 Å². The fourth-order valence-electron chi connectivity index (χ4n) is 7.17. The molecule has 2 aliphatic rings. The van der Waals surface area contributed by atoms with E-state index >= 15 is 0 Å². The van der Waals surface area contributed by atoms with Crippen LogP contribution in [0.3, 0.4) is 0 Å². The van der Waals surface area contributed by atoms with Gasteiger partial charge in [0.25, 0.3) is 0 Å². The van der Waals surface area contributed by atoms with Crippen molar-refractivity contribution in [3.8, 4) is 0 Å². The number of likely N-dealkylation sites (N-methyl/N-ethyl adjacent to an activating group) is 2. The second kappa shape index (κ2) is 45.9. The summed E-state index contributed by atoms with van der Waals surface area (Å²) in [5, 5.41) is 24.8. The van der Waals surface area contributed by atoms with Gasteiger partial charge in [-0.3, -0.25) is 19.2 Å². The summed E-state index contributed by atoms with van der Waals surface area (Å²) in [6.45, 7) is 27.7. The van der Waals surface area contributed by atoms with Crippen LogP contribution in [0.1, 0.15) is 121 Å². The molecule has 2 rings (SSSR count). The van der Waals surface area contributed by atoms with Gasteiger partial charge in [0.1, 0.15) is 19.7 Å². The van der Waals surface area contributed by atoms with Crippen LogP contribution in [0.25, 0.3) is 0 Å². The van der Waals surface area contributed by atoms with Crippen molar-refractivity contribution < 1.29 is 118 Å². The number of hydrogen-bond donors (Lipinski definition) is 4. The minimum absolute atomic E-state index is 0. The molecule has 2 saturated heterocycles. The van der Waals surface area contributed by atoms with Crippen LogP contribution >= 0.6 is 0 Å². The van der Waals surface area contributed by atoms with Crippen LogP contribution in [0, 0.1) is 47.3 Å². The number of hydrogen-bond acceptors (Lipinski definition) is 6. The Kier molecular flexibility index (Phi) is 60.7. The number of carbonyl (C=O) groups is 4. The zero-order chi connectivity index (χ0) is 48.9. The number of nitrogens with two attached hydrogens (primary N) is 1. The normalized spacial score (nSPS) is 19.9. The molecule has 8 unspecified atom stereocenters. The second-order valence-corrected chi connectivity index (χ2v) is 21.1. The van der Waals surface area contributed by atoms with Crippen molar-refractivity contribution >= 4 is 23.8 Å². The molecule has 0 bridgehead atoms. The predicted molar refractivity (Wildman–Crippen MR) is 261 cm³/mol. The highest BCUT2D eigenvalue weighted by Gasteiger charge is 2.40. The van der Waals surface area contributed by atoms with Crippen molar-refractivity contribution in [1.29, 1.82) is 0 Å². The van der Waals surface area contributed by atoms with E-state index in [4.69, 9.17) is 25.8 Å². The molecular formula is C48H109Cl4N5O10. The lowest BCUT2D eigenvalue weighted by atomic mass is 9.84. The van der Waals surface area contributed by atoms with Crippen LogP contribution in [0.2, 0.25) is 0 Å². The Labute approximate surface area is 436 Å². The maximum atomic E-state index is 11.3. The molecule has 2 heterocycles. The molecule has 9 N–H and O–H groups in total. The summed E-state index contributed by atoms with van der Waals surface area (Å²) in [7, 11) is 21.7. The Morgan fingerprint density at radius 2 is 0.866 bits per heavy atom. The number of carbonyl (C=O) groups excluding carboxylic acids is 2. The molecule has 2 fully saturated rings. The highest BCUT2D eigenvalue weighted by Crippen LogP contribution is 2.34. The maximum absolute atomic E-state index is 11.3. The van der Waals surface area contributed by atoms with Gasteiger partial charge in [-0.15, -0.1) is 0 Å². The average molecular weight is 1060 g/mol. The van der Waals surface area contributed by atoms with E-state index in [2.05, 4.69) is 98.2 Å². The standard InChI is InChI=1S/C13H26N2O.C10H22NO2.C10H22N.C5H14NO.2C5H10O2.4ClH.2H2O/c1-5-10(13(14)16)7-12-9-15(3,4)8-11(12)6-2;1-6-9(2)10(12)13-8-7-11(3,4)5;1-5-9-7-11(3,4)8-10(9)6-2;1-6(2,3)4-5-7;2*1-3-4(2)5(6)7;;;;;;/h10-12H,5-9H2,1-4H3,(H-,14,16);9H,6-8H2,1-5H3;9-10H,5-8H2,1-4H3;7H,4-5H2,1-3H3;2*4H,3H2,1-2H3,(H,6,7);4*1H;2*1H2/q;3*+1;;;;;;;;/p-3. The summed E-state index contributed by atoms with van der Waals surface area (Å²) >= 11 is 0. The number of aliphatic hydroxyl groups is 1. The molecule has 0 radical (unpaired) electrons. The fraction of sp³-hybridized carbons (Fsp3) is 0.917. The molecule has 414 valence electrons. The number of likely N-dealkylation sites (tertiary alicyclic amines) is 2. The maximum Gasteiger partial charge on any atom is 0.308 e. The Bertz CT molecular complexity index is 1160. The second-order valence-electron chi connectivity index (χ2n) is 21.1. The molecular weight excluding hydrogens is 948 g/mol. The average Bonchev–Trinajstić information content (AvgIpc) is 3.64. The Hall–Kier alpha value is -1.24. The van der Waals surface area contributed by atoms with Gasteiger partial charge < -0.3 is 104 Å². The van der Waals surface area contributed by atoms with E-state index in [9.17, 15) is 19.2 Å². The number of carboxylic acids is 2. The van der Waals surface area contributed by atoms with Crippen molar-refractivity contribution in [1.82, 2.24) is 0 Å². The van der Waals surface area contributed by atoms with Gasteiger partial charge in [0.05, 0.1) is 121 Å². The lowest BCUT2D eigenvalue weighted by molar-refractivity contribution is -0.880. The molecule has 0 spiro atoms. The third kappa shape index (κ3) is 49.5. The van der Waals surface area contributed by atoms with Crippen LogP contribution in [0.4, 0.5) is 0 Å². The van der Waals surface area contributed by atoms with Crippen molar-refractivity contribution in [2.24, 2.45) is 53.1 Å². The van der Waals surface area contributed by atoms with E-state index in [0.29, 0.717) is 12.5 Å². The molecule has 8 atom stereocenters. The first-order valence-electron chi connectivity index (χ1n) is 23.5. The van der Waals surface area contributed by atoms with Crippen LogP contribution in [-0.2, 0) is 23.9 Å². The monoisotopic (exact) mass is 1060 g/mol. The first-order chi connectivity index (χ1) is 27.8. The molecule has 0 aromatic heterocycles. The van der Waals surface area contributed by atoms with Crippen LogP contribution in [0.15, 0.2) is 0 Å². The number of amides is 1. The largest absolute Gasteiger partial charge is 1.00 e. The number of nitrogens with zero attached hydrogens (tertiary/aromatic N) is 4. The molecule has 1 amide bonds. The van der Waals surface area contributed by atoms with Crippen molar-refractivity contribution in [3.63, 3.8) is 0 Å². The van der Waals surface area contributed by atoms with E-state index in [-0.39, 0.29) is 103 Å². The minimum atomic E-state index is -0.706. The fourth-order valence-corrected chi connectivity index (χ4v) is 7.17. The van der Waals surface area contributed by atoms with E-state index in [1.165, 1.54) is 49.9 Å². The molecule has 15 nitrogen and oxygen atoms in total. The number of halogens is 4. The topological polar surface area (TPSA) is 227 Å². The molecule has 0 saturated carbocycles. The molecule has 0 aromatic carbocycles. The van der Waals surface area contributed by atoms with Crippen LogP contribution in [0.5, 0.6) is 0 Å². The zero-order valence-corrected chi connectivity index (χ0v) is 49.2. The Morgan fingerprint density at radius 1 is 0.567 bits per heavy atom. The number of primary amides is 1. The summed E-state index contributed by atoms with van der Waals surface area (Å²) in [6.07, 6.45) is 8.14. The quantitative estimate of drug-likeness (QED) is 0.0761. The van der Waals surface area contributed by atoms with Crippen LogP contribution < -0.4 is 55.4 Å². The van der Waals surface area contributed by atoms with Gasteiger partial charge in [-0.05, 0) is 51.4 Å². The summed E-state index contributed by atoms with van der Waals surface area (Å²) < 4.78 is 9.13. The third-order valence-electron chi connectivity index (χ3n) is 12.2. The Morgan fingerprint density at radius 3 is 1.06 bits per heavy atom. The van der Waals surface area contributed by atoms with Crippen molar-refractivity contribution in [3.05, 3.63) is 0 Å². The highest BCUT2D eigenvalue weighted by atomic mass is 35.5. The first kappa shape index (κ1) is 88.7. The minimum Gasteiger partial charge on any atom is -1.00 e. The van der Waals surface area contributed by atoms with Gasteiger partial charge in [0.2, 0.25) is 5.91 Å². The van der Waals surface area contributed by atoms with Crippen molar-refractivity contribution in [2.45, 2.75) is 121 Å². The van der Waals surface area contributed by atoms with E-state index in [1.54, 1.807) is 13.8 Å². The Balaban J connectivity index is -0.0000000736. The van der Waals surface area contributed by atoms with Gasteiger partial charge in [-0.25, -0.2) is 0 Å². The zero-order valence-electron chi connectivity index (χ0n) is 46.2. The smallest absolute Gasteiger partial charge is 0.308 e. The summed E-state index contributed by atoms with van der Waals surface area (Å²) in [5.74, 6) is 1.59. The van der Waals surface area contributed by atoms with Gasteiger partial charge >= 0.3 is 17.9 Å². The van der Waals surface area contributed by atoms with Crippen LogP contribution in [-0.4, -0.2) is 191 Å².